The van der Waals surface area contributed by atoms with Gasteiger partial charge in [-0.3, -0.25) is 0 Å². The molecule has 1 aromatic heterocycles. The van der Waals surface area contributed by atoms with Crippen molar-refractivity contribution in [1.82, 2.24) is 4.98 Å². The molecule has 0 spiro atoms. The lowest BCUT2D eigenvalue weighted by atomic mass is 10.0. The van der Waals surface area contributed by atoms with Crippen LogP contribution in [0.25, 0.3) is 0 Å². The molecule has 0 saturated carbocycles. The van der Waals surface area contributed by atoms with Crippen molar-refractivity contribution in [3.05, 3.63) is 59.8 Å². The van der Waals surface area contributed by atoms with Crippen molar-refractivity contribution in [3.8, 4) is 0 Å². The minimum Gasteiger partial charge on any atom is -0.366 e. The Balaban J connectivity index is 1.96. The van der Waals surface area contributed by atoms with Crippen LogP contribution in [-0.4, -0.2) is 4.98 Å². The molecule has 17 heavy (non-hydrogen) atoms. The second kappa shape index (κ2) is 5.48. The van der Waals surface area contributed by atoms with Gasteiger partial charge in [-0.2, -0.15) is 0 Å². The van der Waals surface area contributed by atoms with Crippen molar-refractivity contribution in [2.75, 3.05) is 5.32 Å². The molecular formula is C15H18N2. The largest absolute Gasteiger partial charge is 0.366 e. The fourth-order valence-electron chi connectivity index (χ4n) is 1.68. The van der Waals surface area contributed by atoms with Crippen LogP contribution in [0.4, 0.5) is 5.82 Å². The van der Waals surface area contributed by atoms with Crippen molar-refractivity contribution in [1.29, 1.82) is 0 Å². The first-order valence-electron chi connectivity index (χ1n) is 5.99. The molecule has 88 valence electrons. The average molecular weight is 226 g/mol. The van der Waals surface area contributed by atoms with Crippen LogP contribution in [0.2, 0.25) is 0 Å². The van der Waals surface area contributed by atoms with E-state index in [0.29, 0.717) is 5.92 Å². The molecule has 1 aromatic carbocycles. The zero-order valence-corrected chi connectivity index (χ0v) is 10.4. The first kappa shape index (κ1) is 11.6. The highest BCUT2D eigenvalue weighted by atomic mass is 15.0. The number of hydrogen-bond acceptors (Lipinski definition) is 2. The summed E-state index contributed by atoms with van der Waals surface area (Å²) in [6.45, 7) is 5.23. The quantitative estimate of drug-likeness (QED) is 0.857. The molecule has 0 aliphatic heterocycles. The fraction of sp³-hybridized carbons (Fsp3) is 0.267. The zero-order chi connectivity index (χ0) is 12.1. The summed E-state index contributed by atoms with van der Waals surface area (Å²) in [4.78, 5) is 4.23. The van der Waals surface area contributed by atoms with E-state index in [1.807, 2.05) is 18.2 Å². The standard InChI is InChI=1S/C15H18N2/c1-12(2)14-8-6-13(7-9-14)11-17-15-5-3-4-10-16-15/h3-10,12H,11H2,1-2H3,(H,16,17). The van der Waals surface area contributed by atoms with E-state index in [1.165, 1.54) is 11.1 Å². The van der Waals surface area contributed by atoms with Gasteiger partial charge in [-0.15, -0.1) is 0 Å². The van der Waals surface area contributed by atoms with Gasteiger partial charge < -0.3 is 5.32 Å². The molecule has 2 rings (SSSR count). The molecule has 0 amide bonds. The van der Waals surface area contributed by atoms with Crippen LogP contribution in [0, 0.1) is 0 Å². The third kappa shape index (κ3) is 3.31. The summed E-state index contributed by atoms with van der Waals surface area (Å²) in [5.74, 6) is 1.51. The van der Waals surface area contributed by atoms with Gasteiger partial charge in [0.05, 0.1) is 0 Å². The van der Waals surface area contributed by atoms with Crippen LogP contribution < -0.4 is 5.32 Å². The summed E-state index contributed by atoms with van der Waals surface area (Å²) in [5.41, 5.74) is 2.66. The van der Waals surface area contributed by atoms with Crippen molar-refractivity contribution in [2.45, 2.75) is 26.3 Å². The summed E-state index contributed by atoms with van der Waals surface area (Å²) in [7, 11) is 0. The first-order valence-corrected chi connectivity index (χ1v) is 5.99. The van der Waals surface area contributed by atoms with E-state index in [9.17, 15) is 0 Å². The summed E-state index contributed by atoms with van der Waals surface area (Å²) in [6, 6.07) is 14.6. The van der Waals surface area contributed by atoms with Gasteiger partial charge in [0.1, 0.15) is 5.82 Å². The maximum atomic E-state index is 4.23. The highest BCUT2D eigenvalue weighted by Gasteiger charge is 1.99. The molecule has 0 saturated heterocycles. The fourth-order valence-corrected chi connectivity index (χ4v) is 1.68. The molecule has 2 heteroatoms. The SMILES string of the molecule is CC(C)c1ccc(CNc2ccccn2)cc1. The van der Waals surface area contributed by atoms with Gasteiger partial charge in [-0.05, 0) is 29.2 Å². The van der Waals surface area contributed by atoms with E-state index in [1.54, 1.807) is 6.20 Å². The lowest BCUT2D eigenvalue weighted by Crippen LogP contribution is -2.01. The number of anilines is 1. The van der Waals surface area contributed by atoms with E-state index < -0.39 is 0 Å². The normalized spacial score (nSPS) is 10.5. The van der Waals surface area contributed by atoms with Gasteiger partial charge in [0.15, 0.2) is 0 Å². The summed E-state index contributed by atoms with van der Waals surface area (Å²) < 4.78 is 0. The molecule has 2 nitrogen and oxygen atoms in total. The molecule has 1 N–H and O–H groups in total. The number of hydrogen-bond donors (Lipinski definition) is 1. The maximum Gasteiger partial charge on any atom is 0.126 e. The maximum absolute atomic E-state index is 4.23. The lowest BCUT2D eigenvalue weighted by molar-refractivity contribution is 0.865. The molecule has 0 aliphatic carbocycles. The van der Waals surface area contributed by atoms with E-state index in [4.69, 9.17) is 0 Å². The van der Waals surface area contributed by atoms with E-state index in [0.717, 1.165) is 12.4 Å². The predicted octanol–water partition coefficient (Wildman–Crippen LogP) is 3.82. The van der Waals surface area contributed by atoms with Crippen LogP contribution in [0.15, 0.2) is 48.7 Å². The Hall–Kier alpha value is -1.83. The van der Waals surface area contributed by atoms with Crippen LogP contribution in [-0.2, 0) is 6.54 Å². The minimum absolute atomic E-state index is 0.591. The summed E-state index contributed by atoms with van der Waals surface area (Å²) >= 11 is 0. The van der Waals surface area contributed by atoms with Gasteiger partial charge in [0, 0.05) is 12.7 Å². The smallest absolute Gasteiger partial charge is 0.126 e. The van der Waals surface area contributed by atoms with Gasteiger partial charge >= 0.3 is 0 Å². The summed E-state index contributed by atoms with van der Waals surface area (Å²) in [5, 5.41) is 3.30. The van der Waals surface area contributed by atoms with Crippen molar-refractivity contribution >= 4 is 5.82 Å². The van der Waals surface area contributed by atoms with E-state index in [2.05, 4.69) is 48.4 Å². The Kier molecular flexibility index (Phi) is 3.76. The molecule has 2 aromatic rings. The number of benzene rings is 1. The average Bonchev–Trinajstić information content (AvgIpc) is 2.38. The monoisotopic (exact) mass is 226 g/mol. The zero-order valence-electron chi connectivity index (χ0n) is 10.4. The molecule has 1 heterocycles. The van der Waals surface area contributed by atoms with Crippen LogP contribution in [0.3, 0.4) is 0 Å². The first-order chi connectivity index (χ1) is 8.25. The van der Waals surface area contributed by atoms with Gasteiger partial charge in [0.25, 0.3) is 0 Å². The Bertz CT molecular complexity index is 446. The van der Waals surface area contributed by atoms with Gasteiger partial charge in [-0.25, -0.2) is 4.98 Å². The van der Waals surface area contributed by atoms with Crippen LogP contribution in [0.1, 0.15) is 30.9 Å². The Labute approximate surface area is 103 Å². The number of aromatic nitrogens is 1. The predicted molar refractivity (Wildman–Crippen MR) is 72.1 cm³/mol. The van der Waals surface area contributed by atoms with Crippen molar-refractivity contribution in [2.24, 2.45) is 0 Å². The molecule has 0 atom stereocenters. The molecule has 0 unspecified atom stereocenters. The molecule has 0 fully saturated rings. The number of pyridine rings is 1. The Morgan fingerprint density at radius 1 is 1.06 bits per heavy atom. The van der Waals surface area contributed by atoms with Gasteiger partial charge in [-0.1, -0.05) is 44.2 Å². The van der Waals surface area contributed by atoms with Crippen molar-refractivity contribution in [3.63, 3.8) is 0 Å². The molecule has 0 aliphatic rings. The number of nitrogens with zero attached hydrogens (tertiary/aromatic N) is 1. The van der Waals surface area contributed by atoms with Gasteiger partial charge in [0.2, 0.25) is 0 Å². The number of rotatable bonds is 4. The van der Waals surface area contributed by atoms with Crippen molar-refractivity contribution < 1.29 is 0 Å². The molecular weight excluding hydrogens is 208 g/mol. The molecule has 0 bridgehead atoms. The second-order valence-corrected chi connectivity index (χ2v) is 4.46. The van der Waals surface area contributed by atoms with E-state index >= 15 is 0 Å². The highest BCUT2D eigenvalue weighted by molar-refractivity contribution is 5.35. The lowest BCUT2D eigenvalue weighted by Gasteiger charge is -2.08. The van der Waals surface area contributed by atoms with Crippen LogP contribution >= 0.6 is 0 Å². The Morgan fingerprint density at radius 3 is 2.41 bits per heavy atom. The minimum atomic E-state index is 0.591. The second-order valence-electron chi connectivity index (χ2n) is 4.46. The number of nitrogens with one attached hydrogen (secondary N) is 1. The van der Waals surface area contributed by atoms with Crippen LogP contribution in [0.5, 0.6) is 0 Å². The third-order valence-corrected chi connectivity index (χ3v) is 2.78. The highest BCUT2D eigenvalue weighted by Crippen LogP contribution is 2.15. The molecule has 0 radical (unpaired) electrons. The third-order valence-electron chi connectivity index (χ3n) is 2.78. The Morgan fingerprint density at radius 2 is 1.82 bits per heavy atom. The topological polar surface area (TPSA) is 24.9 Å². The van der Waals surface area contributed by atoms with E-state index in [-0.39, 0.29) is 0 Å². The summed E-state index contributed by atoms with van der Waals surface area (Å²) in [6.07, 6.45) is 1.80.